The topological polar surface area (TPSA) is 78.9 Å². The molecule has 2 N–H and O–H groups in total. The SMILES string of the molecule is O=C1COc2cc(C(=O)N3CCC(C(O)c4ccccc4)CC3)ccc2N1. The number of carbonyl (C=O) groups is 2. The van der Waals surface area contributed by atoms with Crippen LogP contribution in [0.25, 0.3) is 0 Å². The molecule has 2 aliphatic rings. The molecule has 2 amide bonds. The second-order valence-corrected chi connectivity index (χ2v) is 7.03. The Hall–Kier alpha value is -2.86. The number of likely N-dealkylation sites (tertiary alicyclic amines) is 1. The molecular weight excluding hydrogens is 344 g/mol. The minimum Gasteiger partial charge on any atom is -0.482 e. The normalized spacial score (nSPS) is 18.3. The Morgan fingerprint density at radius 3 is 2.63 bits per heavy atom. The monoisotopic (exact) mass is 366 g/mol. The Morgan fingerprint density at radius 1 is 1.15 bits per heavy atom. The molecule has 2 aromatic carbocycles. The van der Waals surface area contributed by atoms with E-state index in [0.29, 0.717) is 30.1 Å². The Labute approximate surface area is 157 Å². The first-order valence-electron chi connectivity index (χ1n) is 9.21. The van der Waals surface area contributed by atoms with Crippen LogP contribution in [0, 0.1) is 5.92 Å². The van der Waals surface area contributed by atoms with Gasteiger partial charge in [0.1, 0.15) is 5.75 Å². The molecule has 0 aromatic heterocycles. The maximum Gasteiger partial charge on any atom is 0.262 e. The van der Waals surface area contributed by atoms with E-state index in [1.807, 2.05) is 35.2 Å². The molecule has 4 rings (SSSR count). The van der Waals surface area contributed by atoms with E-state index in [1.165, 1.54) is 0 Å². The first-order chi connectivity index (χ1) is 13.1. The summed E-state index contributed by atoms with van der Waals surface area (Å²) in [4.78, 5) is 26.0. The number of benzene rings is 2. The lowest BCUT2D eigenvalue weighted by Gasteiger charge is -2.34. The van der Waals surface area contributed by atoms with Gasteiger partial charge in [0.25, 0.3) is 11.8 Å². The van der Waals surface area contributed by atoms with E-state index < -0.39 is 6.10 Å². The molecule has 140 valence electrons. The van der Waals surface area contributed by atoms with E-state index in [1.54, 1.807) is 18.2 Å². The number of ether oxygens (including phenoxy) is 1. The van der Waals surface area contributed by atoms with Gasteiger partial charge in [0.2, 0.25) is 0 Å². The highest BCUT2D eigenvalue weighted by atomic mass is 16.5. The number of aliphatic hydroxyl groups is 1. The number of nitrogens with zero attached hydrogens (tertiary/aromatic N) is 1. The number of carbonyl (C=O) groups excluding carboxylic acids is 2. The fourth-order valence-electron chi connectivity index (χ4n) is 3.73. The molecule has 1 saturated heterocycles. The van der Waals surface area contributed by atoms with Crippen molar-refractivity contribution >= 4 is 17.5 Å². The van der Waals surface area contributed by atoms with Crippen molar-refractivity contribution < 1.29 is 19.4 Å². The predicted molar refractivity (Wildman–Crippen MR) is 101 cm³/mol. The van der Waals surface area contributed by atoms with E-state index in [4.69, 9.17) is 4.74 Å². The number of anilines is 1. The van der Waals surface area contributed by atoms with Crippen LogP contribution in [0.15, 0.2) is 48.5 Å². The maximum atomic E-state index is 12.8. The van der Waals surface area contributed by atoms with Gasteiger partial charge >= 0.3 is 0 Å². The van der Waals surface area contributed by atoms with Crippen molar-refractivity contribution in [3.8, 4) is 5.75 Å². The van der Waals surface area contributed by atoms with Gasteiger partial charge in [0, 0.05) is 18.7 Å². The van der Waals surface area contributed by atoms with Gasteiger partial charge in [-0.1, -0.05) is 30.3 Å². The average Bonchev–Trinajstić information content (AvgIpc) is 2.73. The molecule has 27 heavy (non-hydrogen) atoms. The summed E-state index contributed by atoms with van der Waals surface area (Å²) in [5.41, 5.74) is 2.07. The van der Waals surface area contributed by atoms with Crippen LogP contribution in [0.4, 0.5) is 5.69 Å². The number of nitrogens with one attached hydrogen (secondary N) is 1. The number of aliphatic hydroxyl groups excluding tert-OH is 1. The largest absolute Gasteiger partial charge is 0.482 e. The highest BCUT2D eigenvalue weighted by Gasteiger charge is 2.29. The molecule has 2 aromatic rings. The van der Waals surface area contributed by atoms with Crippen LogP contribution in [0.2, 0.25) is 0 Å². The maximum absolute atomic E-state index is 12.8. The zero-order valence-electron chi connectivity index (χ0n) is 14.9. The lowest BCUT2D eigenvalue weighted by atomic mass is 9.87. The standard InChI is InChI=1S/C21H22N2O4/c24-19-13-27-18-12-16(6-7-17(18)22-19)21(26)23-10-8-15(9-11-23)20(25)14-4-2-1-3-5-14/h1-7,12,15,20,25H,8-11,13H2,(H,22,24). The Morgan fingerprint density at radius 2 is 1.89 bits per heavy atom. The van der Waals surface area contributed by atoms with Gasteiger partial charge in [-0.25, -0.2) is 0 Å². The minimum absolute atomic E-state index is 0.0343. The molecule has 2 heterocycles. The lowest BCUT2D eigenvalue weighted by Crippen LogP contribution is -2.39. The fraction of sp³-hybridized carbons (Fsp3) is 0.333. The number of amides is 2. The summed E-state index contributed by atoms with van der Waals surface area (Å²) in [6, 6.07) is 14.8. The molecule has 0 spiro atoms. The van der Waals surface area contributed by atoms with Crippen LogP contribution >= 0.6 is 0 Å². The molecule has 6 nitrogen and oxygen atoms in total. The van der Waals surface area contributed by atoms with E-state index in [9.17, 15) is 14.7 Å². The van der Waals surface area contributed by atoms with Gasteiger partial charge in [-0.2, -0.15) is 0 Å². The summed E-state index contributed by atoms with van der Waals surface area (Å²) in [7, 11) is 0. The second-order valence-electron chi connectivity index (χ2n) is 7.03. The van der Waals surface area contributed by atoms with Gasteiger partial charge in [-0.3, -0.25) is 9.59 Å². The van der Waals surface area contributed by atoms with Crippen molar-refractivity contribution in [2.75, 3.05) is 25.0 Å². The van der Waals surface area contributed by atoms with Crippen LogP contribution < -0.4 is 10.1 Å². The summed E-state index contributed by atoms with van der Waals surface area (Å²) in [5, 5.41) is 13.3. The van der Waals surface area contributed by atoms with Crippen molar-refractivity contribution in [3.05, 3.63) is 59.7 Å². The van der Waals surface area contributed by atoms with Crippen LogP contribution in [0.1, 0.15) is 34.9 Å². The lowest BCUT2D eigenvalue weighted by molar-refractivity contribution is -0.118. The number of rotatable bonds is 3. The number of hydrogen-bond donors (Lipinski definition) is 2. The van der Waals surface area contributed by atoms with Crippen molar-refractivity contribution in [3.63, 3.8) is 0 Å². The van der Waals surface area contributed by atoms with Gasteiger partial charge in [-0.15, -0.1) is 0 Å². The molecule has 1 atom stereocenters. The molecule has 0 bridgehead atoms. The van der Waals surface area contributed by atoms with Gasteiger partial charge in [0.15, 0.2) is 6.61 Å². The molecule has 0 radical (unpaired) electrons. The third-order valence-corrected chi connectivity index (χ3v) is 5.28. The first-order valence-corrected chi connectivity index (χ1v) is 9.21. The van der Waals surface area contributed by atoms with Crippen LogP contribution in [-0.4, -0.2) is 41.5 Å². The smallest absolute Gasteiger partial charge is 0.262 e. The summed E-state index contributed by atoms with van der Waals surface area (Å²) in [6.45, 7) is 1.19. The molecule has 1 fully saturated rings. The van der Waals surface area contributed by atoms with E-state index >= 15 is 0 Å². The van der Waals surface area contributed by atoms with Crippen LogP contribution in [-0.2, 0) is 4.79 Å². The summed E-state index contributed by atoms with van der Waals surface area (Å²) >= 11 is 0. The highest BCUT2D eigenvalue weighted by Crippen LogP contribution is 2.32. The van der Waals surface area contributed by atoms with Crippen LogP contribution in [0.5, 0.6) is 5.75 Å². The fourth-order valence-corrected chi connectivity index (χ4v) is 3.73. The molecular formula is C21H22N2O4. The molecule has 6 heteroatoms. The third-order valence-electron chi connectivity index (χ3n) is 5.28. The molecule has 1 unspecified atom stereocenters. The van der Waals surface area contributed by atoms with Crippen molar-refractivity contribution in [1.82, 2.24) is 4.90 Å². The molecule has 0 aliphatic carbocycles. The number of hydrogen-bond acceptors (Lipinski definition) is 4. The van der Waals surface area contributed by atoms with Crippen molar-refractivity contribution in [2.24, 2.45) is 5.92 Å². The minimum atomic E-state index is -0.496. The third kappa shape index (κ3) is 3.66. The number of piperidine rings is 1. The van der Waals surface area contributed by atoms with Gasteiger partial charge < -0.3 is 20.1 Å². The van der Waals surface area contributed by atoms with Gasteiger partial charge in [-0.05, 0) is 42.5 Å². The first kappa shape index (κ1) is 17.5. The van der Waals surface area contributed by atoms with Crippen molar-refractivity contribution in [1.29, 1.82) is 0 Å². The van der Waals surface area contributed by atoms with Crippen LogP contribution in [0.3, 0.4) is 0 Å². The summed E-state index contributed by atoms with van der Waals surface area (Å²) < 4.78 is 5.40. The Balaban J connectivity index is 1.40. The Bertz CT molecular complexity index is 845. The molecule has 2 aliphatic heterocycles. The highest BCUT2D eigenvalue weighted by molar-refractivity contribution is 5.99. The summed E-state index contributed by atoms with van der Waals surface area (Å²) in [6.07, 6.45) is 1.03. The zero-order chi connectivity index (χ0) is 18.8. The Kier molecular flexibility index (Phi) is 4.81. The molecule has 0 saturated carbocycles. The quantitative estimate of drug-likeness (QED) is 0.875. The van der Waals surface area contributed by atoms with E-state index in [0.717, 1.165) is 18.4 Å². The number of fused-ring (bicyclic) bond motifs is 1. The summed E-state index contributed by atoms with van der Waals surface area (Å²) in [5.74, 6) is 0.430. The zero-order valence-corrected chi connectivity index (χ0v) is 14.9. The average molecular weight is 366 g/mol. The van der Waals surface area contributed by atoms with E-state index in [-0.39, 0.29) is 24.3 Å². The van der Waals surface area contributed by atoms with E-state index in [2.05, 4.69) is 5.32 Å². The van der Waals surface area contributed by atoms with Gasteiger partial charge in [0.05, 0.1) is 11.8 Å². The van der Waals surface area contributed by atoms with Crippen molar-refractivity contribution in [2.45, 2.75) is 18.9 Å². The second kappa shape index (κ2) is 7.40. The predicted octanol–water partition coefficient (Wildman–Crippen LogP) is 2.60.